The molecular weight excluding hydrogens is 196 g/mol. The van der Waals surface area contributed by atoms with Crippen molar-refractivity contribution in [3.8, 4) is 0 Å². The first-order valence-electron chi connectivity index (χ1n) is 4.63. The molecule has 0 amide bonds. The summed E-state index contributed by atoms with van der Waals surface area (Å²) in [5.41, 5.74) is 2.02. The maximum Gasteiger partial charge on any atom is 0.123 e. The number of aliphatic hydroxyl groups is 3. The van der Waals surface area contributed by atoms with Crippen molar-refractivity contribution in [3.05, 3.63) is 23.3 Å². The predicted molar refractivity (Wildman–Crippen MR) is 56.3 cm³/mol. The summed E-state index contributed by atoms with van der Waals surface area (Å²) in [7, 11) is 1.00. The van der Waals surface area contributed by atoms with E-state index in [1.54, 1.807) is 0 Å². The smallest absolute Gasteiger partial charge is 0.123 e. The van der Waals surface area contributed by atoms with E-state index >= 15 is 0 Å². The second-order valence-electron chi connectivity index (χ2n) is 3.15. The van der Waals surface area contributed by atoms with E-state index in [4.69, 9.17) is 10.2 Å². The minimum absolute atomic E-state index is 0.415. The molecule has 0 aliphatic heterocycles. The summed E-state index contributed by atoms with van der Waals surface area (Å²) in [6.45, 7) is 5.18. The Balaban J connectivity index is 0.000000921. The van der Waals surface area contributed by atoms with Crippen LogP contribution in [0.4, 0.5) is 0 Å². The second kappa shape index (κ2) is 6.44. The molecule has 86 valence electrons. The molecule has 15 heavy (non-hydrogen) atoms. The Bertz CT molecular complexity index is 303. The summed E-state index contributed by atoms with van der Waals surface area (Å²) in [6.07, 6.45) is -0.289. The van der Waals surface area contributed by atoms with Crippen molar-refractivity contribution in [1.82, 2.24) is 9.97 Å². The summed E-state index contributed by atoms with van der Waals surface area (Å²) < 4.78 is 0. The lowest BCUT2D eigenvalue weighted by Gasteiger charge is -2.13. The molecule has 1 aromatic heterocycles. The van der Waals surface area contributed by atoms with E-state index in [0.717, 1.165) is 18.5 Å². The fourth-order valence-electron chi connectivity index (χ4n) is 0.949. The molecule has 2 atom stereocenters. The van der Waals surface area contributed by atoms with Gasteiger partial charge in [0.1, 0.15) is 6.10 Å². The molecule has 5 heteroatoms. The minimum Gasteiger partial charge on any atom is -0.400 e. The third-order valence-electron chi connectivity index (χ3n) is 1.97. The number of aryl methyl sites for hydroxylation is 2. The highest BCUT2D eigenvalue weighted by Crippen LogP contribution is 2.14. The van der Waals surface area contributed by atoms with E-state index < -0.39 is 12.2 Å². The summed E-state index contributed by atoms with van der Waals surface area (Å²) in [6, 6.07) is 0. The molecule has 1 heterocycles. The Kier molecular flexibility index (Phi) is 6.00. The summed E-state index contributed by atoms with van der Waals surface area (Å²) >= 11 is 0. The van der Waals surface area contributed by atoms with Crippen molar-refractivity contribution >= 4 is 0 Å². The van der Waals surface area contributed by atoms with Crippen LogP contribution in [0.2, 0.25) is 0 Å². The number of hydrogen-bond acceptors (Lipinski definition) is 5. The van der Waals surface area contributed by atoms with Crippen LogP contribution in [0.25, 0.3) is 0 Å². The van der Waals surface area contributed by atoms with Crippen LogP contribution in [-0.2, 0) is 0 Å². The summed E-state index contributed by atoms with van der Waals surface area (Å²) in [5, 5.41) is 25.6. The van der Waals surface area contributed by atoms with Crippen molar-refractivity contribution in [2.75, 3.05) is 7.11 Å². The lowest BCUT2D eigenvalue weighted by atomic mass is 10.1. The van der Waals surface area contributed by atoms with Crippen molar-refractivity contribution in [2.45, 2.75) is 33.0 Å². The van der Waals surface area contributed by atoms with Gasteiger partial charge in [0.05, 0.1) is 29.4 Å². The van der Waals surface area contributed by atoms with Crippen molar-refractivity contribution in [3.63, 3.8) is 0 Å². The first-order valence-corrected chi connectivity index (χ1v) is 4.63. The van der Waals surface area contributed by atoms with Gasteiger partial charge in [-0.3, -0.25) is 9.97 Å². The molecule has 0 aliphatic rings. The lowest BCUT2D eigenvalue weighted by Crippen LogP contribution is -2.16. The average molecular weight is 214 g/mol. The topological polar surface area (TPSA) is 86.5 Å². The molecule has 0 saturated carbocycles. The monoisotopic (exact) mass is 214 g/mol. The highest BCUT2D eigenvalue weighted by atomic mass is 16.3. The van der Waals surface area contributed by atoms with Crippen LogP contribution in [0.1, 0.15) is 30.1 Å². The Labute approximate surface area is 89.4 Å². The van der Waals surface area contributed by atoms with Crippen LogP contribution in [-0.4, -0.2) is 38.5 Å². The fourth-order valence-corrected chi connectivity index (χ4v) is 0.949. The van der Waals surface area contributed by atoms with Crippen molar-refractivity contribution in [1.29, 1.82) is 0 Å². The molecule has 0 fully saturated rings. The van der Waals surface area contributed by atoms with Crippen LogP contribution >= 0.6 is 0 Å². The first kappa shape index (κ1) is 14.0. The molecule has 0 aromatic carbocycles. The van der Waals surface area contributed by atoms with Gasteiger partial charge < -0.3 is 15.3 Å². The molecule has 0 bridgehead atoms. The number of rotatable bonds is 2. The van der Waals surface area contributed by atoms with Crippen LogP contribution < -0.4 is 0 Å². The van der Waals surface area contributed by atoms with Crippen molar-refractivity contribution < 1.29 is 15.3 Å². The van der Waals surface area contributed by atoms with Gasteiger partial charge in [0.15, 0.2) is 0 Å². The largest absolute Gasteiger partial charge is 0.400 e. The molecule has 1 aromatic rings. The van der Waals surface area contributed by atoms with E-state index in [1.165, 1.54) is 13.1 Å². The number of hydrogen-bond donors (Lipinski definition) is 3. The zero-order valence-electron chi connectivity index (χ0n) is 9.47. The fraction of sp³-hybridized carbons (Fsp3) is 0.600. The Morgan fingerprint density at radius 3 is 2.07 bits per heavy atom. The van der Waals surface area contributed by atoms with Gasteiger partial charge in [0, 0.05) is 7.11 Å². The third-order valence-corrected chi connectivity index (χ3v) is 1.97. The molecule has 1 rings (SSSR count). The van der Waals surface area contributed by atoms with E-state index in [2.05, 4.69) is 9.97 Å². The van der Waals surface area contributed by atoms with Gasteiger partial charge >= 0.3 is 0 Å². The lowest BCUT2D eigenvalue weighted by molar-refractivity contribution is 0.0275. The van der Waals surface area contributed by atoms with Crippen LogP contribution in [0.3, 0.4) is 0 Å². The number of nitrogens with zero attached hydrogens (tertiary/aromatic N) is 2. The van der Waals surface area contributed by atoms with Gasteiger partial charge in [-0.1, -0.05) is 0 Å². The highest BCUT2D eigenvalue weighted by molar-refractivity contribution is 5.12. The molecule has 3 N–H and O–H groups in total. The average Bonchev–Trinajstić information content (AvgIpc) is 2.24. The van der Waals surface area contributed by atoms with Gasteiger partial charge in [-0.05, 0) is 20.8 Å². The van der Waals surface area contributed by atoms with Gasteiger partial charge in [-0.2, -0.15) is 0 Å². The molecule has 0 aliphatic carbocycles. The molecule has 0 spiro atoms. The van der Waals surface area contributed by atoms with E-state index in [1.807, 2.05) is 13.8 Å². The Morgan fingerprint density at radius 1 is 1.13 bits per heavy atom. The van der Waals surface area contributed by atoms with Gasteiger partial charge in [0.2, 0.25) is 0 Å². The van der Waals surface area contributed by atoms with Gasteiger partial charge in [-0.25, -0.2) is 0 Å². The molecule has 0 radical (unpaired) electrons. The second-order valence-corrected chi connectivity index (χ2v) is 3.15. The van der Waals surface area contributed by atoms with Gasteiger partial charge in [0.25, 0.3) is 0 Å². The highest BCUT2D eigenvalue weighted by Gasteiger charge is 2.15. The molecule has 2 unspecified atom stereocenters. The zero-order valence-corrected chi connectivity index (χ0v) is 9.47. The molecule has 5 nitrogen and oxygen atoms in total. The maximum atomic E-state index is 9.46. The number of aromatic nitrogens is 2. The predicted octanol–water partition coefficient (Wildman–Crippen LogP) is 0.116. The summed E-state index contributed by atoms with van der Waals surface area (Å²) in [5.74, 6) is 0. The van der Waals surface area contributed by atoms with Gasteiger partial charge in [-0.15, -0.1) is 0 Å². The van der Waals surface area contributed by atoms with E-state index in [-0.39, 0.29) is 0 Å². The quantitative estimate of drug-likeness (QED) is 0.650. The Hall–Kier alpha value is -1.04. The van der Waals surface area contributed by atoms with Crippen LogP contribution in [0, 0.1) is 13.8 Å². The molecule has 0 saturated heterocycles. The molecular formula is C10H18N2O3. The van der Waals surface area contributed by atoms with Crippen molar-refractivity contribution in [2.24, 2.45) is 0 Å². The summed E-state index contributed by atoms with van der Waals surface area (Å²) in [4.78, 5) is 8.17. The third kappa shape index (κ3) is 3.91. The zero-order chi connectivity index (χ0) is 12.0. The van der Waals surface area contributed by atoms with Crippen LogP contribution in [0.15, 0.2) is 6.20 Å². The van der Waals surface area contributed by atoms with Crippen LogP contribution in [0.5, 0.6) is 0 Å². The normalized spacial score (nSPS) is 13.8. The van der Waals surface area contributed by atoms with E-state index in [0.29, 0.717) is 5.69 Å². The maximum absolute atomic E-state index is 9.46. The SMILES string of the molecule is CO.Cc1ncc(C(O)C(C)O)nc1C. The minimum atomic E-state index is -0.952. The first-order chi connectivity index (χ1) is 7.02. The standard InChI is InChI=1S/C9H14N2O2.CH4O/c1-5-6(2)11-8(4-10-5)9(13)7(3)12;1-2/h4,7,9,12-13H,1-3H3;2H,1H3. The Morgan fingerprint density at radius 2 is 1.67 bits per heavy atom. The van der Waals surface area contributed by atoms with E-state index in [9.17, 15) is 5.11 Å². The number of aliphatic hydroxyl groups excluding tert-OH is 3.